The number of amidine groups is 1. The first-order chi connectivity index (χ1) is 14.2. The first-order valence-corrected chi connectivity index (χ1v) is 9.72. The molecule has 0 bridgehead atoms. The maximum Gasteiger partial charge on any atom is 0.284 e. The number of hydrogen-bond donors (Lipinski definition) is 1. The summed E-state index contributed by atoms with van der Waals surface area (Å²) in [5.41, 5.74) is 2.15. The molecule has 0 spiro atoms. The summed E-state index contributed by atoms with van der Waals surface area (Å²) < 4.78 is 0.890. The highest BCUT2D eigenvalue weighted by atomic mass is 32.1. The molecule has 1 aliphatic heterocycles. The number of aromatic nitrogens is 2. The van der Waals surface area contributed by atoms with Crippen molar-refractivity contribution >= 4 is 44.6 Å². The second kappa shape index (κ2) is 6.96. The minimum atomic E-state index is -0.300. The molecule has 140 valence electrons. The van der Waals surface area contributed by atoms with Crippen molar-refractivity contribution in [3.63, 3.8) is 0 Å². The lowest BCUT2D eigenvalue weighted by molar-refractivity contribution is -0.113. The molecule has 0 atom stereocenters. The van der Waals surface area contributed by atoms with Crippen LogP contribution in [0.1, 0.15) is 11.1 Å². The maximum absolute atomic E-state index is 13.3. The number of pyridine rings is 1. The lowest BCUT2D eigenvalue weighted by atomic mass is 10.1. The van der Waals surface area contributed by atoms with Crippen molar-refractivity contribution in [3.05, 3.63) is 89.8 Å². The van der Waals surface area contributed by atoms with E-state index >= 15 is 0 Å². The Kier molecular flexibility index (Phi) is 4.14. The first kappa shape index (κ1) is 17.3. The van der Waals surface area contributed by atoms with Crippen molar-refractivity contribution < 1.29 is 9.90 Å². The Morgan fingerprint density at radius 2 is 1.76 bits per heavy atom. The Balaban J connectivity index is 1.66. The molecule has 2 aromatic heterocycles. The van der Waals surface area contributed by atoms with Gasteiger partial charge in [-0.1, -0.05) is 59.9 Å². The molecule has 1 amide bonds. The third-order valence-corrected chi connectivity index (χ3v) is 5.46. The second-order valence-corrected chi connectivity index (χ2v) is 7.36. The molecule has 0 unspecified atom stereocenters. The Bertz CT molecular complexity index is 1260. The standard InChI is InChI=1S/C22H14N4O2S/c27-17-10-5-4-9-15(17)13-16-21(28)26(20(24-16)14-7-2-1-3-8-14)22-25-19-18(29-22)11-6-12-23-19/h1-13,27H. The highest BCUT2D eigenvalue weighted by molar-refractivity contribution is 7.22. The quantitative estimate of drug-likeness (QED) is 0.524. The number of aromatic hydroxyl groups is 1. The third kappa shape index (κ3) is 3.07. The predicted molar refractivity (Wildman–Crippen MR) is 114 cm³/mol. The van der Waals surface area contributed by atoms with Gasteiger partial charge >= 0.3 is 0 Å². The normalized spacial score (nSPS) is 15.3. The van der Waals surface area contributed by atoms with Gasteiger partial charge < -0.3 is 5.11 Å². The van der Waals surface area contributed by atoms with Crippen LogP contribution >= 0.6 is 11.3 Å². The Morgan fingerprint density at radius 1 is 0.966 bits per heavy atom. The molecule has 3 heterocycles. The number of benzene rings is 2. The van der Waals surface area contributed by atoms with Crippen LogP contribution in [-0.2, 0) is 4.79 Å². The molecule has 2 aromatic carbocycles. The van der Waals surface area contributed by atoms with Crippen molar-refractivity contribution in [2.45, 2.75) is 0 Å². The van der Waals surface area contributed by atoms with Gasteiger partial charge in [-0.25, -0.2) is 14.9 Å². The van der Waals surface area contributed by atoms with Gasteiger partial charge in [0.05, 0.1) is 4.70 Å². The van der Waals surface area contributed by atoms with Crippen molar-refractivity contribution in [1.29, 1.82) is 0 Å². The number of para-hydroxylation sites is 1. The summed E-state index contributed by atoms with van der Waals surface area (Å²) in [6.45, 7) is 0. The van der Waals surface area contributed by atoms with Crippen LogP contribution < -0.4 is 4.90 Å². The SMILES string of the molecule is O=C1C(=Cc2ccccc2O)N=C(c2ccccc2)N1c1nc2ncccc2s1. The van der Waals surface area contributed by atoms with Crippen molar-refractivity contribution in [3.8, 4) is 5.75 Å². The molecule has 29 heavy (non-hydrogen) atoms. The van der Waals surface area contributed by atoms with E-state index in [1.165, 1.54) is 16.2 Å². The van der Waals surface area contributed by atoms with E-state index in [4.69, 9.17) is 0 Å². The number of rotatable bonds is 3. The minimum absolute atomic E-state index is 0.0897. The molecule has 0 saturated heterocycles. The van der Waals surface area contributed by atoms with Crippen molar-refractivity contribution in [2.75, 3.05) is 4.90 Å². The molecule has 6 nitrogen and oxygen atoms in total. The number of thiazole rings is 1. The number of phenolic OH excluding ortho intramolecular Hbond substituents is 1. The molecule has 0 aliphatic carbocycles. The molecule has 0 saturated carbocycles. The Labute approximate surface area is 170 Å². The van der Waals surface area contributed by atoms with Crippen LogP contribution in [0.4, 0.5) is 5.13 Å². The smallest absolute Gasteiger partial charge is 0.284 e. The highest BCUT2D eigenvalue weighted by Crippen LogP contribution is 2.33. The summed E-state index contributed by atoms with van der Waals surface area (Å²) in [6, 6.07) is 20.1. The summed E-state index contributed by atoms with van der Waals surface area (Å²) in [5.74, 6) is 0.286. The van der Waals surface area contributed by atoms with Gasteiger partial charge in [-0.05, 0) is 24.3 Å². The molecular weight excluding hydrogens is 384 g/mol. The molecule has 0 radical (unpaired) electrons. The zero-order valence-corrected chi connectivity index (χ0v) is 15.9. The molecule has 4 aromatic rings. The van der Waals surface area contributed by atoms with E-state index in [9.17, 15) is 9.90 Å². The van der Waals surface area contributed by atoms with Crippen LogP contribution in [0.3, 0.4) is 0 Å². The van der Waals surface area contributed by atoms with Gasteiger partial charge in [0.1, 0.15) is 17.3 Å². The third-order valence-electron chi connectivity index (χ3n) is 4.47. The van der Waals surface area contributed by atoms with Gasteiger partial charge in [0.2, 0.25) is 5.13 Å². The first-order valence-electron chi connectivity index (χ1n) is 8.90. The molecule has 1 aliphatic rings. The number of anilines is 1. The predicted octanol–water partition coefficient (Wildman–Crippen LogP) is 4.23. The number of phenols is 1. The zero-order valence-electron chi connectivity index (χ0n) is 15.1. The van der Waals surface area contributed by atoms with E-state index < -0.39 is 0 Å². The monoisotopic (exact) mass is 398 g/mol. The zero-order chi connectivity index (χ0) is 19.8. The summed E-state index contributed by atoms with van der Waals surface area (Å²) in [5, 5.41) is 10.6. The molecule has 0 fully saturated rings. The van der Waals surface area contributed by atoms with E-state index in [1.807, 2.05) is 42.5 Å². The fraction of sp³-hybridized carbons (Fsp3) is 0. The second-order valence-electron chi connectivity index (χ2n) is 6.35. The van der Waals surface area contributed by atoms with Crippen LogP contribution in [0.15, 0.2) is 83.6 Å². The van der Waals surface area contributed by atoms with Gasteiger partial charge in [-0.15, -0.1) is 0 Å². The highest BCUT2D eigenvalue weighted by Gasteiger charge is 2.34. The Morgan fingerprint density at radius 3 is 2.55 bits per heavy atom. The molecule has 5 rings (SSSR count). The number of aliphatic imine (C=N–C) groups is 1. The number of fused-ring (bicyclic) bond motifs is 1. The largest absolute Gasteiger partial charge is 0.507 e. The molecule has 1 N–H and O–H groups in total. The van der Waals surface area contributed by atoms with Gasteiger partial charge in [0, 0.05) is 17.3 Å². The number of hydrogen-bond acceptors (Lipinski definition) is 6. The number of amides is 1. The summed E-state index contributed by atoms with van der Waals surface area (Å²) in [7, 11) is 0. The fourth-order valence-electron chi connectivity index (χ4n) is 3.09. The lowest BCUT2D eigenvalue weighted by Crippen LogP contribution is -2.32. The van der Waals surface area contributed by atoms with Crippen molar-refractivity contribution in [1.82, 2.24) is 9.97 Å². The lowest BCUT2D eigenvalue weighted by Gasteiger charge is -2.14. The number of nitrogens with zero attached hydrogens (tertiary/aromatic N) is 4. The summed E-state index contributed by atoms with van der Waals surface area (Å²) in [6.07, 6.45) is 3.26. The number of carbonyl (C=O) groups is 1. The Hall–Kier alpha value is -3.84. The summed E-state index contributed by atoms with van der Waals surface area (Å²) in [4.78, 5) is 28.2. The van der Waals surface area contributed by atoms with E-state index in [2.05, 4.69) is 15.0 Å². The van der Waals surface area contributed by atoms with Crippen LogP contribution in [0.5, 0.6) is 5.75 Å². The van der Waals surface area contributed by atoms with Gasteiger partial charge in [-0.2, -0.15) is 4.98 Å². The van der Waals surface area contributed by atoms with E-state index in [1.54, 1.807) is 36.5 Å². The van der Waals surface area contributed by atoms with Crippen LogP contribution in [0.25, 0.3) is 16.4 Å². The van der Waals surface area contributed by atoms with Gasteiger partial charge in [0.15, 0.2) is 5.65 Å². The molecule has 7 heteroatoms. The van der Waals surface area contributed by atoms with Gasteiger partial charge in [0.25, 0.3) is 5.91 Å². The van der Waals surface area contributed by atoms with Crippen LogP contribution in [0, 0.1) is 0 Å². The van der Waals surface area contributed by atoms with Crippen molar-refractivity contribution in [2.24, 2.45) is 4.99 Å². The number of carbonyl (C=O) groups excluding carboxylic acids is 1. The van der Waals surface area contributed by atoms with Crippen LogP contribution in [-0.4, -0.2) is 26.8 Å². The molecular formula is C22H14N4O2S. The van der Waals surface area contributed by atoms with Gasteiger partial charge in [-0.3, -0.25) is 4.79 Å². The topological polar surface area (TPSA) is 78.7 Å². The minimum Gasteiger partial charge on any atom is -0.507 e. The van der Waals surface area contributed by atoms with E-state index in [0.717, 1.165) is 10.3 Å². The summed E-state index contributed by atoms with van der Waals surface area (Å²) >= 11 is 1.38. The van der Waals surface area contributed by atoms with E-state index in [0.29, 0.717) is 22.2 Å². The van der Waals surface area contributed by atoms with E-state index in [-0.39, 0.29) is 17.4 Å². The van der Waals surface area contributed by atoms with Crippen LogP contribution in [0.2, 0.25) is 0 Å². The average molecular weight is 398 g/mol. The maximum atomic E-state index is 13.3. The fourth-order valence-corrected chi connectivity index (χ4v) is 4.01. The average Bonchev–Trinajstić information content (AvgIpc) is 3.31.